The lowest BCUT2D eigenvalue weighted by Gasteiger charge is -2.39. The molecule has 1 aromatic heterocycles. The number of rotatable bonds is 2. The summed E-state index contributed by atoms with van der Waals surface area (Å²) in [5.41, 5.74) is 0.800. The Labute approximate surface area is 116 Å². The normalized spacial score (nSPS) is 25.2. The zero-order valence-corrected chi connectivity index (χ0v) is 11.2. The van der Waals surface area contributed by atoms with Gasteiger partial charge in [-0.05, 0) is 43.0 Å². The van der Waals surface area contributed by atoms with E-state index in [1.807, 2.05) is 10.8 Å². The maximum absolute atomic E-state index is 11.1. The predicted octanol–water partition coefficient (Wildman–Crippen LogP) is 1.98. The summed E-state index contributed by atoms with van der Waals surface area (Å²) in [5, 5.41) is 20.0. The van der Waals surface area contributed by atoms with E-state index in [2.05, 4.69) is 4.98 Å². The molecule has 0 saturated carbocycles. The molecular weight excluding hydrogens is 256 g/mol. The number of nitrogens with zero attached hydrogens (tertiary/aromatic N) is 2. The molecular formula is C15H16N2O3. The molecule has 0 saturated heterocycles. The summed E-state index contributed by atoms with van der Waals surface area (Å²) in [6, 6.07) is 4.84. The van der Waals surface area contributed by atoms with Crippen LogP contribution in [0.4, 0.5) is 0 Å². The van der Waals surface area contributed by atoms with Crippen molar-refractivity contribution in [2.75, 3.05) is 0 Å². The fourth-order valence-corrected chi connectivity index (χ4v) is 3.04. The van der Waals surface area contributed by atoms with Gasteiger partial charge in [-0.1, -0.05) is 6.07 Å². The van der Waals surface area contributed by atoms with Gasteiger partial charge in [0.2, 0.25) is 0 Å². The summed E-state index contributed by atoms with van der Waals surface area (Å²) in [4.78, 5) is 15.1. The summed E-state index contributed by atoms with van der Waals surface area (Å²) >= 11 is 0. The van der Waals surface area contributed by atoms with Crippen LogP contribution in [-0.4, -0.2) is 25.7 Å². The van der Waals surface area contributed by atoms with Crippen LogP contribution in [0, 0.1) is 0 Å². The average molecular weight is 272 g/mol. The van der Waals surface area contributed by atoms with E-state index in [0.29, 0.717) is 5.56 Å². The number of aliphatic hydroxyl groups is 1. The third-order valence-electron chi connectivity index (χ3n) is 4.12. The Balaban J connectivity index is 2.09. The standard InChI is InChI=1S/C15H16N2O3/c1-15(20)12-8-11(14(18)19)3-2-10(12)4-5-13(15)17-7-6-16-9-17/h2-3,6-9,13,20H,4-5H2,1H3,(H,18,19). The van der Waals surface area contributed by atoms with Crippen molar-refractivity contribution in [3.05, 3.63) is 53.6 Å². The van der Waals surface area contributed by atoms with Crippen LogP contribution in [-0.2, 0) is 12.0 Å². The largest absolute Gasteiger partial charge is 0.478 e. The molecule has 5 nitrogen and oxygen atoms in total. The molecule has 2 unspecified atom stereocenters. The minimum absolute atomic E-state index is 0.137. The van der Waals surface area contributed by atoms with Crippen molar-refractivity contribution in [3.63, 3.8) is 0 Å². The number of aromatic nitrogens is 2. The quantitative estimate of drug-likeness (QED) is 0.876. The molecule has 3 rings (SSSR count). The van der Waals surface area contributed by atoms with Crippen molar-refractivity contribution in [3.8, 4) is 0 Å². The Hall–Kier alpha value is -2.14. The van der Waals surface area contributed by atoms with Gasteiger partial charge in [0.15, 0.2) is 0 Å². The molecule has 0 radical (unpaired) electrons. The molecule has 5 heteroatoms. The number of aryl methyl sites for hydroxylation is 1. The molecule has 2 atom stereocenters. The van der Waals surface area contributed by atoms with E-state index in [-0.39, 0.29) is 11.6 Å². The third-order valence-corrected chi connectivity index (χ3v) is 4.12. The van der Waals surface area contributed by atoms with Gasteiger partial charge in [-0.15, -0.1) is 0 Å². The molecule has 0 amide bonds. The highest BCUT2D eigenvalue weighted by Crippen LogP contribution is 2.42. The number of imidazole rings is 1. The molecule has 20 heavy (non-hydrogen) atoms. The second kappa shape index (κ2) is 4.45. The van der Waals surface area contributed by atoms with Crippen molar-refractivity contribution in [1.29, 1.82) is 0 Å². The summed E-state index contributed by atoms with van der Waals surface area (Å²) in [5.74, 6) is -0.978. The fourth-order valence-electron chi connectivity index (χ4n) is 3.04. The minimum atomic E-state index is -1.11. The van der Waals surface area contributed by atoms with Gasteiger partial charge in [0.1, 0.15) is 5.60 Å². The average Bonchev–Trinajstić information content (AvgIpc) is 2.92. The molecule has 0 spiro atoms. The lowest BCUT2D eigenvalue weighted by Crippen LogP contribution is -2.38. The Morgan fingerprint density at radius 1 is 1.50 bits per heavy atom. The Morgan fingerprint density at radius 2 is 2.30 bits per heavy atom. The molecule has 0 fully saturated rings. The highest BCUT2D eigenvalue weighted by atomic mass is 16.4. The molecule has 1 aromatic carbocycles. The first-order chi connectivity index (χ1) is 9.50. The molecule has 1 heterocycles. The lowest BCUT2D eigenvalue weighted by atomic mass is 9.76. The predicted molar refractivity (Wildman–Crippen MR) is 72.6 cm³/mol. The van der Waals surface area contributed by atoms with Crippen LogP contribution in [0.15, 0.2) is 36.9 Å². The minimum Gasteiger partial charge on any atom is -0.478 e. The van der Waals surface area contributed by atoms with Crippen LogP contribution >= 0.6 is 0 Å². The molecule has 2 N–H and O–H groups in total. The first kappa shape index (κ1) is 12.9. The maximum atomic E-state index is 11.1. The van der Waals surface area contributed by atoms with Crippen molar-refractivity contribution < 1.29 is 15.0 Å². The topological polar surface area (TPSA) is 75.3 Å². The highest BCUT2D eigenvalue weighted by Gasteiger charge is 2.40. The van der Waals surface area contributed by atoms with Crippen molar-refractivity contribution in [2.45, 2.75) is 31.4 Å². The second-order valence-electron chi connectivity index (χ2n) is 5.39. The van der Waals surface area contributed by atoms with Gasteiger partial charge in [0.25, 0.3) is 0 Å². The van der Waals surface area contributed by atoms with E-state index in [0.717, 1.165) is 18.4 Å². The van der Waals surface area contributed by atoms with Crippen molar-refractivity contribution in [2.24, 2.45) is 0 Å². The van der Waals surface area contributed by atoms with E-state index >= 15 is 0 Å². The van der Waals surface area contributed by atoms with E-state index in [9.17, 15) is 9.90 Å². The van der Waals surface area contributed by atoms with E-state index < -0.39 is 11.6 Å². The van der Waals surface area contributed by atoms with E-state index in [1.54, 1.807) is 37.6 Å². The van der Waals surface area contributed by atoms with Crippen LogP contribution < -0.4 is 0 Å². The lowest BCUT2D eigenvalue weighted by molar-refractivity contribution is -0.0108. The highest BCUT2D eigenvalue weighted by molar-refractivity contribution is 5.88. The van der Waals surface area contributed by atoms with Crippen LogP contribution in [0.2, 0.25) is 0 Å². The van der Waals surface area contributed by atoms with Crippen LogP contribution in [0.25, 0.3) is 0 Å². The van der Waals surface area contributed by atoms with Gasteiger partial charge in [0.05, 0.1) is 17.9 Å². The SMILES string of the molecule is CC1(O)c2cc(C(=O)O)ccc2CCC1n1ccnc1. The molecule has 2 aromatic rings. The number of hydrogen-bond donors (Lipinski definition) is 2. The van der Waals surface area contributed by atoms with Gasteiger partial charge >= 0.3 is 5.97 Å². The van der Waals surface area contributed by atoms with E-state index in [4.69, 9.17) is 5.11 Å². The van der Waals surface area contributed by atoms with Gasteiger partial charge < -0.3 is 14.8 Å². The summed E-state index contributed by atoms with van der Waals surface area (Å²) in [6.45, 7) is 1.74. The summed E-state index contributed by atoms with van der Waals surface area (Å²) in [7, 11) is 0. The molecule has 1 aliphatic carbocycles. The zero-order chi connectivity index (χ0) is 14.3. The van der Waals surface area contributed by atoms with E-state index in [1.165, 1.54) is 0 Å². The first-order valence-electron chi connectivity index (χ1n) is 6.56. The second-order valence-corrected chi connectivity index (χ2v) is 5.39. The van der Waals surface area contributed by atoms with Crippen molar-refractivity contribution >= 4 is 5.97 Å². The number of carboxylic acids is 1. The molecule has 1 aliphatic rings. The number of hydrogen-bond acceptors (Lipinski definition) is 3. The number of fused-ring (bicyclic) bond motifs is 1. The number of carbonyl (C=O) groups is 1. The third kappa shape index (κ3) is 1.91. The van der Waals surface area contributed by atoms with Crippen LogP contribution in [0.3, 0.4) is 0 Å². The molecule has 0 aliphatic heterocycles. The fraction of sp³-hybridized carbons (Fsp3) is 0.333. The summed E-state index contributed by atoms with van der Waals surface area (Å²) in [6.07, 6.45) is 6.80. The van der Waals surface area contributed by atoms with Crippen molar-refractivity contribution in [1.82, 2.24) is 9.55 Å². The van der Waals surface area contributed by atoms with Gasteiger partial charge in [-0.2, -0.15) is 0 Å². The zero-order valence-electron chi connectivity index (χ0n) is 11.2. The van der Waals surface area contributed by atoms with Gasteiger partial charge in [-0.25, -0.2) is 9.78 Å². The number of benzene rings is 1. The summed E-state index contributed by atoms with van der Waals surface area (Å²) < 4.78 is 1.89. The van der Waals surface area contributed by atoms with Crippen LogP contribution in [0.1, 0.15) is 40.9 Å². The number of carboxylic acid groups (broad SMARTS) is 1. The molecule has 104 valence electrons. The maximum Gasteiger partial charge on any atom is 0.335 e. The van der Waals surface area contributed by atoms with Crippen LogP contribution in [0.5, 0.6) is 0 Å². The monoisotopic (exact) mass is 272 g/mol. The first-order valence-corrected chi connectivity index (χ1v) is 6.56. The Bertz CT molecular complexity index is 647. The molecule has 0 bridgehead atoms. The Morgan fingerprint density at radius 3 is 2.95 bits per heavy atom. The number of aromatic carboxylic acids is 1. The smallest absolute Gasteiger partial charge is 0.335 e. The van der Waals surface area contributed by atoms with Gasteiger partial charge in [0, 0.05) is 12.4 Å². The van der Waals surface area contributed by atoms with Gasteiger partial charge in [-0.3, -0.25) is 0 Å². The Kier molecular flexibility index (Phi) is 2.87.